The van der Waals surface area contributed by atoms with E-state index < -0.39 is 22.3 Å². The maximum atomic E-state index is 13.9. The van der Waals surface area contributed by atoms with Crippen LogP contribution >= 0.6 is 0 Å². The van der Waals surface area contributed by atoms with Gasteiger partial charge in [-0.05, 0) is 24.1 Å². The molecule has 0 aromatic heterocycles. The van der Waals surface area contributed by atoms with Gasteiger partial charge in [-0.15, -0.1) is 0 Å². The fourth-order valence-corrected chi connectivity index (χ4v) is 2.15. The molecular formula is C16H15FN2O4. The van der Waals surface area contributed by atoms with Crippen LogP contribution in [0.3, 0.4) is 0 Å². The summed E-state index contributed by atoms with van der Waals surface area (Å²) in [6, 6.07) is 10.8. The molecule has 0 spiro atoms. The number of hydrogen-bond donors (Lipinski definition) is 1. The number of methoxy groups -OCH3 is 1. The summed E-state index contributed by atoms with van der Waals surface area (Å²) in [6.45, 7) is 0.251. The molecule has 0 unspecified atom stereocenters. The van der Waals surface area contributed by atoms with Crippen LogP contribution in [-0.2, 0) is 6.42 Å². The number of hydrogen-bond acceptors (Lipinski definition) is 4. The smallest absolute Gasteiger partial charge is 0.305 e. The highest BCUT2D eigenvalue weighted by Gasteiger charge is 2.21. The lowest BCUT2D eigenvalue weighted by Gasteiger charge is -2.09. The molecule has 120 valence electrons. The first-order valence-electron chi connectivity index (χ1n) is 6.87. The molecule has 23 heavy (non-hydrogen) atoms. The van der Waals surface area contributed by atoms with E-state index in [4.69, 9.17) is 4.74 Å². The average Bonchev–Trinajstić information content (AvgIpc) is 2.55. The molecule has 0 bridgehead atoms. The topological polar surface area (TPSA) is 81.5 Å². The van der Waals surface area contributed by atoms with E-state index in [9.17, 15) is 19.3 Å². The molecule has 0 radical (unpaired) electrons. The van der Waals surface area contributed by atoms with E-state index in [1.165, 1.54) is 12.1 Å². The second kappa shape index (κ2) is 7.35. The van der Waals surface area contributed by atoms with E-state index in [-0.39, 0.29) is 12.1 Å². The van der Waals surface area contributed by atoms with Gasteiger partial charge in [0.05, 0.1) is 17.6 Å². The number of ether oxygens (including phenoxy) is 1. The van der Waals surface area contributed by atoms with Gasteiger partial charge in [0.2, 0.25) is 5.82 Å². The van der Waals surface area contributed by atoms with Crippen molar-refractivity contribution in [2.24, 2.45) is 0 Å². The zero-order valence-electron chi connectivity index (χ0n) is 12.4. The first-order valence-corrected chi connectivity index (χ1v) is 6.87. The van der Waals surface area contributed by atoms with Crippen LogP contribution in [0.1, 0.15) is 15.9 Å². The number of amides is 1. The zero-order valence-corrected chi connectivity index (χ0v) is 12.4. The van der Waals surface area contributed by atoms with E-state index in [0.29, 0.717) is 12.2 Å². The van der Waals surface area contributed by atoms with Crippen molar-refractivity contribution >= 4 is 11.6 Å². The van der Waals surface area contributed by atoms with E-state index in [0.717, 1.165) is 11.6 Å². The molecule has 0 saturated carbocycles. The van der Waals surface area contributed by atoms with Crippen LogP contribution in [0, 0.1) is 15.9 Å². The van der Waals surface area contributed by atoms with Crippen molar-refractivity contribution in [3.63, 3.8) is 0 Å². The van der Waals surface area contributed by atoms with Gasteiger partial charge < -0.3 is 10.1 Å². The summed E-state index contributed by atoms with van der Waals surface area (Å²) in [5, 5.41) is 13.2. The molecule has 1 amide bonds. The Morgan fingerprint density at radius 2 is 2.00 bits per heavy atom. The maximum absolute atomic E-state index is 13.9. The number of para-hydroxylation sites is 1. The van der Waals surface area contributed by atoms with E-state index >= 15 is 0 Å². The molecular weight excluding hydrogens is 303 g/mol. The lowest BCUT2D eigenvalue weighted by Crippen LogP contribution is -2.26. The van der Waals surface area contributed by atoms with Crippen molar-refractivity contribution < 1.29 is 18.8 Å². The predicted molar refractivity (Wildman–Crippen MR) is 82.1 cm³/mol. The number of nitrogens with one attached hydrogen (secondary N) is 1. The van der Waals surface area contributed by atoms with Gasteiger partial charge in [-0.2, -0.15) is 4.39 Å². The number of rotatable bonds is 6. The summed E-state index contributed by atoms with van der Waals surface area (Å²) >= 11 is 0. The second-order valence-electron chi connectivity index (χ2n) is 4.71. The van der Waals surface area contributed by atoms with Gasteiger partial charge in [0.25, 0.3) is 5.91 Å². The first kappa shape index (κ1) is 16.4. The van der Waals surface area contributed by atoms with Gasteiger partial charge in [-0.25, -0.2) is 0 Å². The molecule has 0 aliphatic heterocycles. The largest absolute Gasteiger partial charge is 0.496 e. The number of nitro groups is 1. The summed E-state index contributed by atoms with van der Waals surface area (Å²) in [6.07, 6.45) is 0.492. The molecule has 0 fully saturated rings. The zero-order chi connectivity index (χ0) is 16.8. The fraction of sp³-hybridized carbons (Fsp3) is 0.188. The van der Waals surface area contributed by atoms with Gasteiger partial charge in [0.15, 0.2) is 0 Å². The first-order chi connectivity index (χ1) is 11.0. The van der Waals surface area contributed by atoms with Crippen LogP contribution in [-0.4, -0.2) is 24.5 Å². The van der Waals surface area contributed by atoms with Crippen molar-refractivity contribution in [2.75, 3.05) is 13.7 Å². The van der Waals surface area contributed by atoms with Crippen LogP contribution < -0.4 is 10.1 Å². The van der Waals surface area contributed by atoms with Crippen molar-refractivity contribution in [2.45, 2.75) is 6.42 Å². The molecule has 1 N–H and O–H groups in total. The minimum atomic E-state index is -1.13. The highest BCUT2D eigenvalue weighted by molar-refractivity contribution is 5.95. The number of nitrogens with zero attached hydrogens (tertiary/aromatic N) is 1. The molecule has 7 heteroatoms. The van der Waals surface area contributed by atoms with Crippen LogP contribution in [0.25, 0.3) is 0 Å². The monoisotopic (exact) mass is 318 g/mol. The van der Waals surface area contributed by atoms with Crippen LogP contribution in [0.2, 0.25) is 0 Å². The third-order valence-corrected chi connectivity index (χ3v) is 3.29. The average molecular weight is 318 g/mol. The minimum Gasteiger partial charge on any atom is -0.496 e. The van der Waals surface area contributed by atoms with E-state index in [1.54, 1.807) is 13.2 Å². The Morgan fingerprint density at radius 1 is 1.26 bits per heavy atom. The lowest BCUT2D eigenvalue weighted by molar-refractivity contribution is -0.387. The number of nitro benzene ring substituents is 1. The Balaban J connectivity index is 2.03. The predicted octanol–water partition coefficient (Wildman–Crippen LogP) is 2.72. The Labute approximate surface area is 132 Å². The molecule has 0 saturated heterocycles. The summed E-state index contributed by atoms with van der Waals surface area (Å²) in [4.78, 5) is 21.8. The van der Waals surface area contributed by atoms with Gasteiger partial charge >= 0.3 is 5.69 Å². The molecule has 0 heterocycles. The van der Waals surface area contributed by atoms with Crippen molar-refractivity contribution in [1.82, 2.24) is 5.32 Å². The number of carbonyl (C=O) groups is 1. The quantitative estimate of drug-likeness (QED) is 0.656. The summed E-state index contributed by atoms with van der Waals surface area (Å²) in [7, 11) is 1.55. The number of carbonyl (C=O) groups excluding carboxylic acids is 1. The van der Waals surface area contributed by atoms with Crippen LogP contribution in [0.5, 0.6) is 5.75 Å². The summed E-state index contributed by atoms with van der Waals surface area (Å²) in [5.74, 6) is -1.13. The fourth-order valence-electron chi connectivity index (χ4n) is 2.15. The SMILES string of the molecule is COc1ccccc1CCNC(=O)c1cccc([N+](=O)[O-])c1F. The number of halogens is 1. The van der Waals surface area contributed by atoms with Gasteiger partial charge in [-0.3, -0.25) is 14.9 Å². The molecule has 0 aliphatic rings. The summed E-state index contributed by atoms with van der Waals surface area (Å²) < 4.78 is 19.1. The molecule has 2 aromatic rings. The van der Waals surface area contributed by atoms with Crippen molar-refractivity contribution in [3.8, 4) is 5.75 Å². The molecule has 6 nitrogen and oxygen atoms in total. The van der Waals surface area contributed by atoms with Crippen molar-refractivity contribution in [3.05, 3.63) is 69.5 Å². The third-order valence-electron chi connectivity index (χ3n) is 3.29. The lowest BCUT2D eigenvalue weighted by atomic mass is 10.1. The van der Waals surface area contributed by atoms with Gasteiger partial charge in [-0.1, -0.05) is 24.3 Å². The van der Waals surface area contributed by atoms with Crippen LogP contribution in [0.15, 0.2) is 42.5 Å². The second-order valence-corrected chi connectivity index (χ2v) is 4.71. The van der Waals surface area contributed by atoms with Crippen LogP contribution in [0.4, 0.5) is 10.1 Å². The van der Waals surface area contributed by atoms with E-state index in [1.807, 2.05) is 18.2 Å². The molecule has 2 aromatic carbocycles. The Bertz CT molecular complexity index is 734. The molecule has 2 rings (SSSR count). The third kappa shape index (κ3) is 3.82. The normalized spacial score (nSPS) is 10.2. The van der Waals surface area contributed by atoms with Gasteiger partial charge in [0, 0.05) is 12.6 Å². The molecule has 0 aliphatic carbocycles. The number of benzene rings is 2. The standard InChI is InChI=1S/C16H15FN2O4/c1-23-14-8-3-2-5-11(14)9-10-18-16(20)12-6-4-7-13(15(12)17)19(21)22/h2-8H,9-10H2,1H3,(H,18,20). The summed E-state index contributed by atoms with van der Waals surface area (Å²) in [5.41, 5.74) is -0.170. The Hall–Kier alpha value is -2.96. The highest BCUT2D eigenvalue weighted by atomic mass is 19.1. The van der Waals surface area contributed by atoms with Gasteiger partial charge in [0.1, 0.15) is 5.75 Å². The highest BCUT2D eigenvalue weighted by Crippen LogP contribution is 2.20. The maximum Gasteiger partial charge on any atom is 0.305 e. The Kier molecular flexibility index (Phi) is 5.24. The minimum absolute atomic E-state index is 0.251. The van der Waals surface area contributed by atoms with Crippen molar-refractivity contribution in [1.29, 1.82) is 0 Å². The Morgan fingerprint density at radius 3 is 2.70 bits per heavy atom. The van der Waals surface area contributed by atoms with E-state index in [2.05, 4.69) is 5.32 Å². The molecule has 0 atom stereocenters.